The van der Waals surface area contributed by atoms with Gasteiger partial charge in [0.05, 0.1) is 18.6 Å². The van der Waals surface area contributed by atoms with Gasteiger partial charge >= 0.3 is 5.97 Å². The molecule has 1 fully saturated rings. The molecule has 0 aromatic carbocycles. The standard InChI is InChI=1S/C14H18N2O4/c1-9(14(18)19)8-16(11-4-5-11)13(17)10-3-6-12(20-2)15-7-10/h3,6-7,9,11H,4-5,8H2,1-2H3,(H,18,19). The predicted molar refractivity (Wildman–Crippen MR) is 71.6 cm³/mol. The van der Waals surface area contributed by atoms with Gasteiger partial charge in [-0.2, -0.15) is 0 Å². The smallest absolute Gasteiger partial charge is 0.308 e. The van der Waals surface area contributed by atoms with Gasteiger partial charge in [0.25, 0.3) is 5.91 Å². The fraction of sp³-hybridized carbons (Fsp3) is 0.500. The van der Waals surface area contributed by atoms with E-state index >= 15 is 0 Å². The molecule has 0 radical (unpaired) electrons. The first-order valence-electron chi connectivity index (χ1n) is 6.56. The molecule has 1 aliphatic rings. The minimum absolute atomic E-state index is 0.159. The highest BCUT2D eigenvalue weighted by Crippen LogP contribution is 2.29. The number of methoxy groups -OCH3 is 1. The number of amides is 1. The number of rotatable bonds is 6. The van der Waals surface area contributed by atoms with Crippen LogP contribution in [0.2, 0.25) is 0 Å². The van der Waals surface area contributed by atoms with Crippen LogP contribution in [0, 0.1) is 5.92 Å². The van der Waals surface area contributed by atoms with Crippen LogP contribution >= 0.6 is 0 Å². The van der Waals surface area contributed by atoms with Crippen molar-refractivity contribution in [1.82, 2.24) is 9.88 Å². The topological polar surface area (TPSA) is 79.7 Å². The third-order valence-electron chi connectivity index (χ3n) is 3.33. The molecule has 0 spiro atoms. The Hall–Kier alpha value is -2.11. The summed E-state index contributed by atoms with van der Waals surface area (Å²) in [5, 5.41) is 8.99. The molecule has 1 N–H and O–H groups in total. The SMILES string of the molecule is COc1ccc(C(=O)N(CC(C)C(=O)O)C2CC2)cn1. The first-order valence-corrected chi connectivity index (χ1v) is 6.56. The van der Waals surface area contributed by atoms with Gasteiger partial charge in [0.2, 0.25) is 5.88 Å². The van der Waals surface area contributed by atoms with Crippen LogP contribution in [0.3, 0.4) is 0 Å². The Kier molecular flexibility index (Phi) is 4.22. The summed E-state index contributed by atoms with van der Waals surface area (Å²) in [4.78, 5) is 29.0. The highest BCUT2D eigenvalue weighted by Gasteiger charge is 2.35. The van der Waals surface area contributed by atoms with Crippen molar-refractivity contribution in [1.29, 1.82) is 0 Å². The van der Waals surface area contributed by atoms with E-state index in [0.717, 1.165) is 12.8 Å². The summed E-state index contributed by atoms with van der Waals surface area (Å²) in [5.41, 5.74) is 0.454. The number of aliphatic carboxylic acids is 1. The Bertz CT molecular complexity index is 496. The quantitative estimate of drug-likeness (QED) is 0.851. The number of hydrogen-bond acceptors (Lipinski definition) is 4. The van der Waals surface area contributed by atoms with Crippen LogP contribution in [0.15, 0.2) is 18.3 Å². The number of pyridine rings is 1. The number of hydrogen-bond donors (Lipinski definition) is 1. The molecule has 1 heterocycles. The summed E-state index contributed by atoms with van der Waals surface area (Å²) in [5.74, 6) is -1.20. The molecule has 0 saturated heterocycles. The summed E-state index contributed by atoms with van der Waals surface area (Å²) in [7, 11) is 1.51. The van der Waals surface area contributed by atoms with Crippen LogP contribution in [0.5, 0.6) is 5.88 Å². The molecule has 6 heteroatoms. The highest BCUT2D eigenvalue weighted by atomic mass is 16.5. The first kappa shape index (κ1) is 14.3. The van der Waals surface area contributed by atoms with Gasteiger partial charge in [-0.25, -0.2) is 4.98 Å². The van der Waals surface area contributed by atoms with Crippen LogP contribution in [0.1, 0.15) is 30.1 Å². The Morgan fingerprint density at radius 1 is 1.50 bits per heavy atom. The summed E-state index contributed by atoms with van der Waals surface area (Å²) < 4.78 is 4.95. The van der Waals surface area contributed by atoms with E-state index < -0.39 is 11.9 Å². The molecule has 1 aromatic heterocycles. The van der Waals surface area contributed by atoms with E-state index in [1.54, 1.807) is 24.0 Å². The summed E-state index contributed by atoms with van der Waals surface area (Å²) >= 11 is 0. The molecule has 1 saturated carbocycles. The van der Waals surface area contributed by atoms with Gasteiger partial charge in [-0.15, -0.1) is 0 Å². The van der Waals surface area contributed by atoms with Gasteiger partial charge in [-0.1, -0.05) is 6.92 Å². The van der Waals surface area contributed by atoms with Crippen molar-refractivity contribution in [3.8, 4) is 5.88 Å². The van der Waals surface area contributed by atoms with Crippen molar-refractivity contribution >= 4 is 11.9 Å². The number of carboxylic acids is 1. The van der Waals surface area contributed by atoms with Crippen molar-refractivity contribution in [2.24, 2.45) is 5.92 Å². The number of ether oxygens (including phenoxy) is 1. The number of nitrogens with zero attached hydrogens (tertiary/aromatic N) is 2. The summed E-state index contributed by atoms with van der Waals surface area (Å²) in [6.07, 6.45) is 3.32. The molecule has 2 rings (SSSR count). The van der Waals surface area contributed by atoms with E-state index in [1.807, 2.05) is 0 Å². The van der Waals surface area contributed by atoms with Gasteiger partial charge in [0, 0.05) is 24.8 Å². The molecular weight excluding hydrogens is 260 g/mol. The normalized spacial score (nSPS) is 15.5. The number of carbonyl (C=O) groups excluding carboxylic acids is 1. The molecule has 1 amide bonds. The third kappa shape index (κ3) is 3.26. The molecule has 1 aromatic rings. The second-order valence-electron chi connectivity index (χ2n) is 5.02. The van der Waals surface area contributed by atoms with E-state index in [-0.39, 0.29) is 18.5 Å². The molecule has 6 nitrogen and oxygen atoms in total. The second-order valence-corrected chi connectivity index (χ2v) is 5.02. The monoisotopic (exact) mass is 278 g/mol. The van der Waals surface area contributed by atoms with Crippen LogP contribution in [-0.4, -0.2) is 46.6 Å². The Labute approximate surface area is 117 Å². The largest absolute Gasteiger partial charge is 0.481 e. The van der Waals surface area contributed by atoms with Crippen LogP contribution in [-0.2, 0) is 4.79 Å². The lowest BCUT2D eigenvalue weighted by molar-refractivity contribution is -0.141. The molecule has 1 atom stereocenters. The Morgan fingerprint density at radius 2 is 2.20 bits per heavy atom. The van der Waals surface area contributed by atoms with Crippen molar-refractivity contribution in [2.45, 2.75) is 25.8 Å². The van der Waals surface area contributed by atoms with Gasteiger partial charge in [0.15, 0.2) is 0 Å². The maximum atomic E-state index is 12.4. The molecule has 1 unspecified atom stereocenters. The van der Waals surface area contributed by atoms with E-state index in [4.69, 9.17) is 9.84 Å². The maximum Gasteiger partial charge on any atom is 0.308 e. The number of aromatic nitrogens is 1. The minimum atomic E-state index is -0.892. The molecule has 108 valence electrons. The van der Waals surface area contributed by atoms with Gasteiger partial charge in [-0.05, 0) is 18.9 Å². The third-order valence-corrected chi connectivity index (χ3v) is 3.33. The second kappa shape index (κ2) is 5.90. The first-order chi connectivity index (χ1) is 9.52. The molecule has 0 aliphatic heterocycles. The molecular formula is C14H18N2O4. The van der Waals surface area contributed by atoms with Crippen LogP contribution in [0.25, 0.3) is 0 Å². The van der Waals surface area contributed by atoms with E-state index in [1.165, 1.54) is 13.3 Å². The van der Waals surface area contributed by atoms with E-state index in [0.29, 0.717) is 11.4 Å². The van der Waals surface area contributed by atoms with Gasteiger partial charge in [-0.3, -0.25) is 9.59 Å². The minimum Gasteiger partial charge on any atom is -0.481 e. The maximum absolute atomic E-state index is 12.4. The van der Waals surface area contributed by atoms with Crippen molar-refractivity contribution in [3.63, 3.8) is 0 Å². The Balaban J connectivity index is 2.11. The highest BCUT2D eigenvalue weighted by molar-refractivity contribution is 5.94. The fourth-order valence-electron chi connectivity index (χ4n) is 1.95. The zero-order valence-electron chi connectivity index (χ0n) is 11.6. The zero-order chi connectivity index (χ0) is 14.7. The Morgan fingerprint density at radius 3 is 2.65 bits per heavy atom. The average Bonchev–Trinajstić information content (AvgIpc) is 3.28. The number of carboxylic acid groups (broad SMARTS) is 1. The summed E-state index contributed by atoms with van der Waals surface area (Å²) in [6, 6.07) is 3.43. The lowest BCUT2D eigenvalue weighted by Crippen LogP contribution is -2.38. The van der Waals surface area contributed by atoms with E-state index in [2.05, 4.69) is 4.98 Å². The molecule has 20 heavy (non-hydrogen) atoms. The van der Waals surface area contributed by atoms with Gasteiger partial charge in [0.1, 0.15) is 0 Å². The lowest BCUT2D eigenvalue weighted by atomic mass is 10.1. The van der Waals surface area contributed by atoms with Gasteiger partial charge < -0.3 is 14.7 Å². The van der Waals surface area contributed by atoms with E-state index in [9.17, 15) is 9.59 Å². The average molecular weight is 278 g/mol. The van der Waals surface area contributed by atoms with Crippen molar-refractivity contribution < 1.29 is 19.4 Å². The molecule has 1 aliphatic carbocycles. The lowest BCUT2D eigenvalue weighted by Gasteiger charge is -2.24. The summed E-state index contributed by atoms with van der Waals surface area (Å²) in [6.45, 7) is 1.84. The zero-order valence-corrected chi connectivity index (χ0v) is 11.6. The van der Waals surface area contributed by atoms with Crippen molar-refractivity contribution in [2.75, 3.05) is 13.7 Å². The number of carbonyl (C=O) groups is 2. The predicted octanol–water partition coefficient (Wildman–Crippen LogP) is 1.42. The van der Waals surface area contributed by atoms with Crippen LogP contribution in [0.4, 0.5) is 0 Å². The fourth-order valence-corrected chi connectivity index (χ4v) is 1.95. The van der Waals surface area contributed by atoms with Crippen molar-refractivity contribution in [3.05, 3.63) is 23.9 Å². The van der Waals surface area contributed by atoms with Crippen LogP contribution < -0.4 is 4.74 Å². The molecule has 0 bridgehead atoms.